The van der Waals surface area contributed by atoms with Crippen LogP contribution in [0.1, 0.15) is 34.4 Å². The van der Waals surface area contributed by atoms with Crippen LogP contribution in [-0.2, 0) is 4.74 Å². The molecule has 0 fully saturated rings. The third kappa shape index (κ3) is 2.01. The molecule has 2 aromatic heterocycles. The molecule has 0 atom stereocenters. The summed E-state index contributed by atoms with van der Waals surface area (Å²) < 4.78 is 11.7. The zero-order chi connectivity index (χ0) is 13.3. The molecule has 0 spiro atoms. The van der Waals surface area contributed by atoms with Crippen LogP contribution in [0.3, 0.4) is 0 Å². The Hall–Kier alpha value is -2.11. The van der Waals surface area contributed by atoms with E-state index in [9.17, 15) is 4.79 Å². The van der Waals surface area contributed by atoms with Gasteiger partial charge in [-0.25, -0.2) is 4.79 Å². The van der Waals surface area contributed by atoms with Gasteiger partial charge in [0.2, 0.25) is 0 Å². The molecule has 0 unspecified atom stereocenters. The van der Waals surface area contributed by atoms with Crippen molar-refractivity contribution in [2.75, 3.05) is 6.61 Å². The Balaban J connectivity index is 2.35. The summed E-state index contributed by atoms with van der Waals surface area (Å²) in [6.07, 6.45) is 1.28. The van der Waals surface area contributed by atoms with Crippen molar-refractivity contribution >= 4 is 5.97 Å². The van der Waals surface area contributed by atoms with Gasteiger partial charge in [0, 0.05) is 5.69 Å². The van der Waals surface area contributed by atoms with Crippen LogP contribution in [0.4, 0.5) is 0 Å². The first-order valence-corrected chi connectivity index (χ1v) is 5.70. The molecule has 0 aliphatic carbocycles. The molecule has 6 nitrogen and oxygen atoms in total. The topological polar surface area (TPSA) is 70.2 Å². The number of oxazole rings is 1. The second kappa shape index (κ2) is 4.64. The summed E-state index contributed by atoms with van der Waals surface area (Å²) in [6, 6.07) is 0.270. The minimum absolute atomic E-state index is 0.150. The lowest BCUT2D eigenvalue weighted by molar-refractivity contribution is 0.0519. The number of aryl methyl sites for hydroxylation is 1. The maximum Gasteiger partial charge on any atom is 0.360 e. The molecule has 2 heterocycles. The Morgan fingerprint density at radius 2 is 2.17 bits per heavy atom. The average Bonchev–Trinajstić information content (AvgIpc) is 2.91. The molecule has 0 aliphatic heterocycles. The van der Waals surface area contributed by atoms with E-state index in [-0.39, 0.29) is 11.7 Å². The summed E-state index contributed by atoms with van der Waals surface area (Å²) >= 11 is 0. The molecule has 0 radical (unpaired) electrons. The van der Waals surface area contributed by atoms with E-state index >= 15 is 0 Å². The van der Waals surface area contributed by atoms with E-state index in [1.165, 1.54) is 6.26 Å². The van der Waals surface area contributed by atoms with E-state index in [2.05, 4.69) is 10.1 Å². The SMILES string of the molecule is CCOC(=O)c1coc(-n2nc(C)c(C)c2C)n1. The third-order valence-corrected chi connectivity index (χ3v) is 2.81. The molecule has 0 aliphatic rings. The molecular formula is C12H15N3O3. The maximum atomic E-state index is 11.5. The Bertz CT molecular complexity index is 583. The van der Waals surface area contributed by atoms with Crippen molar-refractivity contribution < 1.29 is 13.9 Å². The van der Waals surface area contributed by atoms with Crippen LogP contribution in [0.2, 0.25) is 0 Å². The van der Waals surface area contributed by atoms with Crippen molar-refractivity contribution in [3.05, 3.63) is 28.9 Å². The molecule has 18 heavy (non-hydrogen) atoms. The Morgan fingerprint density at radius 3 is 2.72 bits per heavy atom. The van der Waals surface area contributed by atoms with Crippen LogP contribution in [-0.4, -0.2) is 27.3 Å². The fourth-order valence-corrected chi connectivity index (χ4v) is 1.57. The van der Waals surface area contributed by atoms with E-state index in [0.29, 0.717) is 6.61 Å². The molecule has 0 amide bonds. The van der Waals surface area contributed by atoms with Gasteiger partial charge in [-0.15, -0.1) is 0 Å². The van der Waals surface area contributed by atoms with Crippen LogP contribution in [0.5, 0.6) is 0 Å². The molecule has 0 N–H and O–H groups in total. The van der Waals surface area contributed by atoms with Crippen LogP contribution in [0, 0.1) is 20.8 Å². The summed E-state index contributed by atoms with van der Waals surface area (Å²) in [6.45, 7) is 7.85. The van der Waals surface area contributed by atoms with Crippen LogP contribution < -0.4 is 0 Å². The minimum Gasteiger partial charge on any atom is -0.461 e. The number of carbonyl (C=O) groups is 1. The van der Waals surface area contributed by atoms with Gasteiger partial charge in [0.05, 0.1) is 12.3 Å². The lowest BCUT2D eigenvalue weighted by Gasteiger charge is -1.97. The summed E-state index contributed by atoms with van der Waals surface area (Å²) in [4.78, 5) is 15.5. The molecule has 0 saturated carbocycles. The lowest BCUT2D eigenvalue weighted by Crippen LogP contribution is -2.06. The highest BCUT2D eigenvalue weighted by molar-refractivity contribution is 5.86. The van der Waals surface area contributed by atoms with Gasteiger partial charge in [0.15, 0.2) is 5.69 Å². The van der Waals surface area contributed by atoms with E-state index in [1.807, 2.05) is 20.8 Å². The number of hydrogen-bond acceptors (Lipinski definition) is 5. The van der Waals surface area contributed by atoms with Crippen molar-refractivity contribution in [2.24, 2.45) is 0 Å². The number of rotatable bonds is 3. The Labute approximate surface area is 105 Å². The monoisotopic (exact) mass is 249 g/mol. The highest BCUT2D eigenvalue weighted by atomic mass is 16.5. The maximum absolute atomic E-state index is 11.5. The van der Waals surface area contributed by atoms with Gasteiger partial charge >= 0.3 is 12.0 Å². The normalized spacial score (nSPS) is 10.7. The zero-order valence-corrected chi connectivity index (χ0v) is 10.9. The first-order valence-electron chi connectivity index (χ1n) is 5.70. The van der Waals surface area contributed by atoms with E-state index in [0.717, 1.165) is 17.0 Å². The smallest absolute Gasteiger partial charge is 0.360 e. The zero-order valence-electron chi connectivity index (χ0n) is 10.9. The number of carbonyl (C=O) groups excluding carboxylic acids is 1. The minimum atomic E-state index is -0.495. The summed E-state index contributed by atoms with van der Waals surface area (Å²) in [5.41, 5.74) is 3.07. The lowest BCUT2D eigenvalue weighted by atomic mass is 10.2. The second-order valence-corrected chi connectivity index (χ2v) is 3.94. The van der Waals surface area contributed by atoms with Gasteiger partial charge in [-0.3, -0.25) is 0 Å². The van der Waals surface area contributed by atoms with Crippen molar-refractivity contribution in [1.82, 2.24) is 14.8 Å². The van der Waals surface area contributed by atoms with Crippen molar-refractivity contribution in [3.63, 3.8) is 0 Å². The van der Waals surface area contributed by atoms with Gasteiger partial charge in [-0.05, 0) is 33.3 Å². The van der Waals surface area contributed by atoms with Crippen LogP contribution >= 0.6 is 0 Å². The highest BCUT2D eigenvalue weighted by Crippen LogP contribution is 2.16. The van der Waals surface area contributed by atoms with Gasteiger partial charge in [-0.1, -0.05) is 0 Å². The quantitative estimate of drug-likeness (QED) is 0.778. The molecule has 6 heteroatoms. The standard InChI is InChI=1S/C12H15N3O3/c1-5-17-11(16)10-6-18-12(13-10)15-9(4)7(2)8(3)14-15/h6H,5H2,1-4H3. The molecule has 0 aromatic carbocycles. The number of nitrogens with zero attached hydrogens (tertiary/aromatic N) is 3. The Kier molecular flexibility index (Phi) is 3.18. The highest BCUT2D eigenvalue weighted by Gasteiger charge is 2.17. The second-order valence-electron chi connectivity index (χ2n) is 3.94. The number of hydrogen-bond donors (Lipinski definition) is 0. The van der Waals surface area contributed by atoms with E-state index in [4.69, 9.17) is 9.15 Å². The summed E-state index contributed by atoms with van der Waals surface area (Å²) in [7, 11) is 0. The number of esters is 1. The number of aromatic nitrogens is 3. The predicted octanol–water partition coefficient (Wildman–Crippen LogP) is 1.96. The fraction of sp³-hybridized carbons (Fsp3) is 0.417. The molecule has 2 aromatic rings. The van der Waals surface area contributed by atoms with E-state index < -0.39 is 5.97 Å². The largest absolute Gasteiger partial charge is 0.461 e. The fourth-order valence-electron chi connectivity index (χ4n) is 1.57. The molecule has 0 bridgehead atoms. The molecule has 2 rings (SSSR count). The first kappa shape index (κ1) is 12.3. The van der Waals surface area contributed by atoms with Gasteiger partial charge in [0.1, 0.15) is 6.26 Å². The van der Waals surface area contributed by atoms with Crippen molar-refractivity contribution in [2.45, 2.75) is 27.7 Å². The van der Waals surface area contributed by atoms with Crippen molar-refractivity contribution in [1.29, 1.82) is 0 Å². The van der Waals surface area contributed by atoms with E-state index in [1.54, 1.807) is 11.6 Å². The van der Waals surface area contributed by atoms with Gasteiger partial charge in [-0.2, -0.15) is 14.8 Å². The average molecular weight is 249 g/mol. The summed E-state index contributed by atoms with van der Waals surface area (Å²) in [5, 5.41) is 4.31. The summed E-state index contributed by atoms with van der Waals surface area (Å²) in [5.74, 6) is -0.495. The number of ether oxygens (including phenoxy) is 1. The van der Waals surface area contributed by atoms with Gasteiger partial charge in [0.25, 0.3) is 0 Å². The predicted molar refractivity (Wildman–Crippen MR) is 63.8 cm³/mol. The van der Waals surface area contributed by atoms with Crippen LogP contribution in [0.25, 0.3) is 6.01 Å². The van der Waals surface area contributed by atoms with Gasteiger partial charge < -0.3 is 9.15 Å². The van der Waals surface area contributed by atoms with Crippen molar-refractivity contribution in [3.8, 4) is 6.01 Å². The first-order chi connectivity index (χ1) is 8.54. The molecule has 0 saturated heterocycles. The Morgan fingerprint density at radius 1 is 1.44 bits per heavy atom. The van der Waals surface area contributed by atoms with Crippen LogP contribution in [0.15, 0.2) is 10.7 Å². The molecule has 96 valence electrons. The molecular weight excluding hydrogens is 234 g/mol. The third-order valence-electron chi connectivity index (χ3n) is 2.81.